The minimum absolute atomic E-state index is 0.00485. The summed E-state index contributed by atoms with van der Waals surface area (Å²) >= 11 is 3.97. The van der Waals surface area contributed by atoms with E-state index >= 15 is 0 Å². The summed E-state index contributed by atoms with van der Waals surface area (Å²) in [5, 5.41) is 0. The van der Waals surface area contributed by atoms with Crippen LogP contribution in [0, 0.1) is 11.8 Å². The zero-order chi connectivity index (χ0) is 16.8. The molecule has 130 valence electrons. The lowest BCUT2D eigenvalue weighted by atomic mass is 9.75. The van der Waals surface area contributed by atoms with Crippen LogP contribution in [0.2, 0.25) is 0 Å². The van der Waals surface area contributed by atoms with Crippen molar-refractivity contribution in [3.63, 3.8) is 0 Å². The molecule has 0 saturated heterocycles. The van der Waals surface area contributed by atoms with Crippen LogP contribution in [-0.2, 0) is 4.32 Å². The van der Waals surface area contributed by atoms with E-state index in [4.69, 9.17) is 0 Å². The Kier molecular flexibility index (Phi) is 6.38. The number of allylic oxidation sites excluding steroid dienone is 4. The molecule has 2 aliphatic carbocycles. The summed E-state index contributed by atoms with van der Waals surface area (Å²) in [6.45, 7) is 2.30. The fourth-order valence-corrected chi connectivity index (χ4v) is 4.89. The molecule has 1 saturated carbocycles. The van der Waals surface area contributed by atoms with Crippen molar-refractivity contribution in [2.45, 2.75) is 69.0 Å². The summed E-state index contributed by atoms with van der Waals surface area (Å²) < 4.78 is -0.00485. The molecule has 1 unspecified atom stereocenters. The molecular weight excluding hydrogens is 356 g/mol. The molecule has 0 N–H and O–H groups in total. The van der Waals surface area contributed by atoms with Crippen LogP contribution < -0.4 is 0 Å². The number of rotatable bonds is 6. The average molecular weight is 387 g/mol. The Balaban J connectivity index is 1.53. The molecule has 2 aliphatic rings. The third-order valence-electron chi connectivity index (χ3n) is 5.96. The highest BCUT2D eigenvalue weighted by atomic mass is 79.9. The highest BCUT2D eigenvalue weighted by Crippen LogP contribution is 2.43. The van der Waals surface area contributed by atoms with E-state index in [0.717, 1.165) is 18.3 Å². The first-order valence-electron chi connectivity index (χ1n) is 9.85. The van der Waals surface area contributed by atoms with Crippen LogP contribution in [0.25, 0.3) is 0 Å². The maximum Gasteiger partial charge on any atom is 0.0723 e. The molecule has 1 heteroatoms. The van der Waals surface area contributed by atoms with E-state index in [2.05, 4.69) is 71.4 Å². The molecule has 24 heavy (non-hydrogen) atoms. The molecule has 0 spiro atoms. The number of unbranched alkanes of at least 4 members (excludes halogenated alkanes) is 2. The van der Waals surface area contributed by atoms with Crippen molar-refractivity contribution in [3.05, 3.63) is 59.7 Å². The smallest absolute Gasteiger partial charge is 0.0723 e. The number of halogens is 1. The van der Waals surface area contributed by atoms with Gasteiger partial charge in [0.1, 0.15) is 0 Å². The van der Waals surface area contributed by atoms with E-state index < -0.39 is 0 Å². The number of alkyl halides is 1. The minimum atomic E-state index is -0.00485. The molecule has 1 atom stereocenters. The quantitative estimate of drug-likeness (QED) is 0.349. The molecular formula is C23H31Br. The van der Waals surface area contributed by atoms with Gasteiger partial charge in [0.25, 0.3) is 0 Å². The first kappa shape index (κ1) is 18.0. The van der Waals surface area contributed by atoms with Crippen LogP contribution in [0.1, 0.15) is 70.3 Å². The molecule has 1 aromatic carbocycles. The van der Waals surface area contributed by atoms with Gasteiger partial charge >= 0.3 is 0 Å². The van der Waals surface area contributed by atoms with Gasteiger partial charge in [-0.25, -0.2) is 0 Å². The van der Waals surface area contributed by atoms with Gasteiger partial charge in [0, 0.05) is 0 Å². The molecule has 3 rings (SSSR count). The predicted molar refractivity (Wildman–Crippen MR) is 108 cm³/mol. The van der Waals surface area contributed by atoms with Gasteiger partial charge in [0.15, 0.2) is 0 Å². The molecule has 0 nitrogen and oxygen atoms in total. The van der Waals surface area contributed by atoms with Crippen LogP contribution in [0.3, 0.4) is 0 Å². The third kappa shape index (κ3) is 4.42. The first-order chi connectivity index (χ1) is 11.7. The average Bonchev–Trinajstić information content (AvgIpc) is 2.64. The van der Waals surface area contributed by atoms with Crippen molar-refractivity contribution in [3.8, 4) is 0 Å². The monoisotopic (exact) mass is 386 g/mol. The summed E-state index contributed by atoms with van der Waals surface area (Å²) in [6.07, 6.45) is 19.7. The molecule has 0 radical (unpaired) electrons. The second-order valence-electron chi connectivity index (χ2n) is 7.68. The second kappa shape index (κ2) is 8.52. The van der Waals surface area contributed by atoms with E-state index in [0.29, 0.717) is 0 Å². The lowest BCUT2D eigenvalue weighted by molar-refractivity contribution is 0.283. The van der Waals surface area contributed by atoms with Gasteiger partial charge in [-0.05, 0) is 55.1 Å². The van der Waals surface area contributed by atoms with Gasteiger partial charge in [-0.2, -0.15) is 0 Å². The predicted octanol–water partition coefficient (Wildman–Crippen LogP) is 7.55. The molecule has 0 amide bonds. The fourth-order valence-electron chi connectivity index (χ4n) is 4.33. The van der Waals surface area contributed by atoms with Crippen molar-refractivity contribution in [1.29, 1.82) is 0 Å². The van der Waals surface area contributed by atoms with Gasteiger partial charge in [0.2, 0.25) is 0 Å². The summed E-state index contributed by atoms with van der Waals surface area (Å²) in [4.78, 5) is 0. The number of hydrogen-bond acceptors (Lipinski definition) is 0. The Bertz CT molecular complexity index is 563. The zero-order valence-corrected chi connectivity index (χ0v) is 16.6. The van der Waals surface area contributed by atoms with E-state index in [1.807, 2.05) is 0 Å². The Morgan fingerprint density at radius 1 is 1.04 bits per heavy atom. The third-order valence-corrected chi connectivity index (χ3v) is 7.01. The molecule has 1 fully saturated rings. The van der Waals surface area contributed by atoms with Crippen molar-refractivity contribution in [1.82, 2.24) is 0 Å². The highest BCUT2D eigenvalue weighted by molar-refractivity contribution is 9.09. The van der Waals surface area contributed by atoms with Crippen LogP contribution in [0.15, 0.2) is 54.1 Å². The van der Waals surface area contributed by atoms with E-state index in [9.17, 15) is 0 Å². The maximum atomic E-state index is 3.97. The van der Waals surface area contributed by atoms with Gasteiger partial charge in [-0.15, -0.1) is 0 Å². The molecule has 0 aliphatic heterocycles. The second-order valence-corrected chi connectivity index (χ2v) is 9.10. The summed E-state index contributed by atoms with van der Waals surface area (Å²) in [6, 6.07) is 10.8. The van der Waals surface area contributed by atoms with Crippen LogP contribution in [0.4, 0.5) is 0 Å². The standard InChI is InChI=1S/C23H31Br/c1-2-3-5-8-19-11-13-20(14-12-19)21-15-17-23(24,18-16-21)22-9-6-4-7-10-22/h4,6-7,9-10,15-17,19-20H,2-3,5,8,11-14,18H2,1H3. The van der Waals surface area contributed by atoms with Crippen LogP contribution in [0.5, 0.6) is 0 Å². The summed E-state index contributed by atoms with van der Waals surface area (Å²) in [7, 11) is 0. The van der Waals surface area contributed by atoms with Crippen LogP contribution >= 0.6 is 15.9 Å². The maximum absolute atomic E-state index is 3.97. The SMILES string of the molecule is CCCCCC1CCC(C2=CCC(Br)(c3ccccc3)C=C2)CC1. The fraction of sp³-hybridized carbons (Fsp3) is 0.565. The Labute approximate surface area is 156 Å². The van der Waals surface area contributed by atoms with Crippen molar-refractivity contribution < 1.29 is 0 Å². The first-order valence-corrected chi connectivity index (χ1v) is 10.6. The van der Waals surface area contributed by atoms with E-state index in [-0.39, 0.29) is 4.32 Å². The van der Waals surface area contributed by atoms with E-state index in [1.54, 1.807) is 5.57 Å². The van der Waals surface area contributed by atoms with Crippen LogP contribution in [-0.4, -0.2) is 0 Å². The molecule has 0 aromatic heterocycles. The highest BCUT2D eigenvalue weighted by Gasteiger charge is 2.29. The Morgan fingerprint density at radius 3 is 2.42 bits per heavy atom. The lowest BCUT2D eigenvalue weighted by Gasteiger charge is -2.33. The van der Waals surface area contributed by atoms with Gasteiger partial charge in [-0.1, -0.05) is 97.1 Å². The summed E-state index contributed by atoms with van der Waals surface area (Å²) in [5.74, 6) is 1.80. The molecule has 1 aromatic rings. The minimum Gasteiger partial charge on any atom is -0.0790 e. The van der Waals surface area contributed by atoms with Gasteiger partial charge in [-0.3, -0.25) is 0 Å². The normalized spacial score (nSPS) is 30.2. The lowest BCUT2D eigenvalue weighted by Crippen LogP contribution is -2.20. The summed E-state index contributed by atoms with van der Waals surface area (Å²) in [5.41, 5.74) is 2.95. The van der Waals surface area contributed by atoms with Crippen molar-refractivity contribution in [2.75, 3.05) is 0 Å². The number of benzene rings is 1. The molecule has 0 heterocycles. The number of hydrogen-bond donors (Lipinski definition) is 0. The Morgan fingerprint density at radius 2 is 1.79 bits per heavy atom. The zero-order valence-electron chi connectivity index (χ0n) is 15.0. The van der Waals surface area contributed by atoms with E-state index in [1.165, 1.54) is 56.9 Å². The molecule has 0 bridgehead atoms. The largest absolute Gasteiger partial charge is 0.0790 e. The van der Waals surface area contributed by atoms with Crippen molar-refractivity contribution in [2.24, 2.45) is 11.8 Å². The van der Waals surface area contributed by atoms with Gasteiger partial charge in [0.05, 0.1) is 4.32 Å². The topological polar surface area (TPSA) is 0 Å². The van der Waals surface area contributed by atoms with Gasteiger partial charge < -0.3 is 0 Å². The van der Waals surface area contributed by atoms with Crippen molar-refractivity contribution >= 4 is 15.9 Å². The Hall–Kier alpha value is -0.820.